The number of sulfonamides is 1. The minimum atomic E-state index is -3.56. The molecule has 2 aromatic carbocycles. The van der Waals surface area contributed by atoms with Crippen molar-refractivity contribution in [3.63, 3.8) is 0 Å². The lowest BCUT2D eigenvalue weighted by molar-refractivity contribution is 0.242. The van der Waals surface area contributed by atoms with Gasteiger partial charge in [0.1, 0.15) is 18.1 Å². The van der Waals surface area contributed by atoms with Crippen LogP contribution in [0.2, 0.25) is 0 Å². The first-order chi connectivity index (χ1) is 12.9. The van der Waals surface area contributed by atoms with Crippen molar-refractivity contribution in [3.8, 4) is 11.5 Å². The number of ether oxygens (including phenoxy) is 2. The topological polar surface area (TPSA) is 64.6 Å². The Morgan fingerprint density at radius 1 is 0.963 bits per heavy atom. The molecular formula is C21H27NO4S. The van der Waals surface area contributed by atoms with Gasteiger partial charge in [-0.25, -0.2) is 13.1 Å². The minimum Gasteiger partial charge on any atom is -0.492 e. The molecule has 0 fully saturated rings. The van der Waals surface area contributed by atoms with Gasteiger partial charge in [0.05, 0.1) is 11.0 Å². The van der Waals surface area contributed by atoms with Gasteiger partial charge in [0.2, 0.25) is 10.0 Å². The van der Waals surface area contributed by atoms with Crippen molar-refractivity contribution < 1.29 is 17.9 Å². The van der Waals surface area contributed by atoms with Gasteiger partial charge in [0, 0.05) is 6.54 Å². The van der Waals surface area contributed by atoms with E-state index in [1.807, 2.05) is 19.9 Å². The third kappa shape index (κ3) is 5.47. The van der Waals surface area contributed by atoms with Gasteiger partial charge in [-0.2, -0.15) is 0 Å². The average Bonchev–Trinajstić information content (AvgIpc) is 2.65. The third-order valence-electron chi connectivity index (χ3n) is 4.49. The molecule has 2 aromatic rings. The number of aryl methyl sites for hydroxylation is 2. The van der Waals surface area contributed by atoms with Crippen LogP contribution in [-0.4, -0.2) is 27.7 Å². The number of fused-ring (bicyclic) bond motifs is 1. The van der Waals surface area contributed by atoms with Crippen molar-refractivity contribution in [3.05, 3.63) is 53.6 Å². The number of rotatable bonds is 8. The molecule has 0 aromatic heterocycles. The van der Waals surface area contributed by atoms with Gasteiger partial charge in [-0.3, -0.25) is 0 Å². The van der Waals surface area contributed by atoms with Crippen LogP contribution < -0.4 is 14.2 Å². The lowest BCUT2D eigenvalue weighted by Crippen LogP contribution is -2.28. The second-order valence-electron chi connectivity index (χ2n) is 7.02. The molecule has 0 atom stereocenters. The highest BCUT2D eigenvalue weighted by molar-refractivity contribution is 7.89. The molecule has 5 nitrogen and oxygen atoms in total. The first-order valence-corrected chi connectivity index (χ1v) is 10.9. The SMILES string of the molecule is CC(C)Oc1ccc(S(=O)(=O)NCCOc2ccc3c(c2)CCCC3)cc1. The molecule has 0 unspecified atom stereocenters. The summed E-state index contributed by atoms with van der Waals surface area (Å²) < 4.78 is 38.5. The van der Waals surface area contributed by atoms with Crippen LogP contribution >= 0.6 is 0 Å². The van der Waals surface area contributed by atoms with Crippen LogP contribution in [0.5, 0.6) is 11.5 Å². The fourth-order valence-corrected chi connectivity index (χ4v) is 4.21. The third-order valence-corrected chi connectivity index (χ3v) is 5.97. The highest BCUT2D eigenvalue weighted by atomic mass is 32.2. The van der Waals surface area contributed by atoms with Crippen LogP contribution in [0.1, 0.15) is 37.8 Å². The standard InChI is InChI=1S/C21H27NO4S/c1-16(2)26-19-9-11-21(12-10-19)27(23,24)22-13-14-25-20-8-7-17-5-3-4-6-18(17)15-20/h7-12,15-16,22H,3-6,13-14H2,1-2H3. The largest absolute Gasteiger partial charge is 0.492 e. The van der Waals surface area contributed by atoms with Crippen molar-refractivity contribution >= 4 is 10.0 Å². The van der Waals surface area contributed by atoms with E-state index in [2.05, 4.69) is 16.9 Å². The molecular weight excluding hydrogens is 362 g/mol. The van der Waals surface area contributed by atoms with Crippen LogP contribution in [0.3, 0.4) is 0 Å². The first kappa shape index (κ1) is 19.7. The molecule has 0 saturated heterocycles. The maximum Gasteiger partial charge on any atom is 0.240 e. The Balaban J connectivity index is 1.50. The van der Waals surface area contributed by atoms with Crippen LogP contribution in [0.15, 0.2) is 47.4 Å². The monoisotopic (exact) mass is 389 g/mol. The van der Waals surface area contributed by atoms with E-state index in [0.29, 0.717) is 5.75 Å². The second kappa shape index (κ2) is 8.76. The van der Waals surface area contributed by atoms with Gasteiger partial charge in [-0.05, 0) is 87.1 Å². The quantitative estimate of drug-likeness (QED) is 0.699. The van der Waals surface area contributed by atoms with Crippen molar-refractivity contribution in [2.45, 2.75) is 50.5 Å². The lowest BCUT2D eigenvalue weighted by atomic mass is 9.92. The number of hydrogen-bond acceptors (Lipinski definition) is 4. The predicted octanol–water partition coefficient (Wildman–Crippen LogP) is 3.71. The second-order valence-corrected chi connectivity index (χ2v) is 8.79. The van der Waals surface area contributed by atoms with E-state index < -0.39 is 10.0 Å². The van der Waals surface area contributed by atoms with E-state index in [1.165, 1.54) is 24.0 Å². The number of hydrogen-bond donors (Lipinski definition) is 1. The highest BCUT2D eigenvalue weighted by Crippen LogP contribution is 2.25. The smallest absolute Gasteiger partial charge is 0.240 e. The van der Waals surface area contributed by atoms with Gasteiger partial charge in [-0.15, -0.1) is 0 Å². The summed E-state index contributed by atoms with van der Waals surface area (Å²) in [4.78, 5) is 0.215. The Labute approximate surface area is 161 Å². The van der Waals surface area contributed by atoms with Crippen molar-refractivity contribution in [1.82, 2.24) is 4.72 Å². The Morgan fingerprint density at radius 2 is 1.63 bits per heavy atom. The first-order valence-electron chi connectivity index (χ1n) is 9.45. The van der Waals surface area contributed by atoms with Crippen LogP contribution in [0.4, 0.5) is 0 Å². The fraction of sp³-hybridized carbons (Fsp3) is 0.429. The van der Waals surface area contributed by atoms with Crippen LogP contribution in [0, 0.1) is 0 Å². The van der Waals surface area contributed by atoms with Crippen molar-refractivity contribution in [2.75, 3.05) is 13.2 Å². The molecule has 0 saturated carbocycles. The molecule has 0 amide bonds. The molecule has 0 spiro atoms. The lowest BCUT2D eigenvalue weighted by Gasteiger charge is -2.17. The molecule has 0 radical (unpaired) electrons. The summed E-state index contributed by atoms with van der Waals surface area (Å²) in [7, 11) is -3.56. The molecule has 3 rings (SSSR count). The van der Waals surface area contributed by atoms with Gasteiger partial charge >= 0.3 is 0 Å². The predicted molar refractivity (Wildman–Crippen MR) is 106 cm³/mol. The average molecular weight is 390 g/mol. The van der Waals surface area contributed by atoms with E-state index in [4.69, 9.17) is 9.47 Å². The van der Waals surface area contributed by atoms with Gasteiger partial charge < -0.3 is 9.47 Å². The van der Waals surface area contributed by atoms with E-state index in [-0.39, 0.29) is 24.2 Å². The molecule has 6 heteroatoms. The number of benzene rings is 2. The summed E-state index contributed by atoms with van der Waals surface area (Å²) in [6, 6.07) is 12.6. The fourth-order valence-electron chi connectivity index (χ4n) is 3.20. The zero-order valence-electron chi connectivity index (χ0n) is 15.9. The number of nitrogens with one attached hydrogen (secondary N) is 1. The molecule has 1 aliphatic carbocycles. The summed E-state index contributed by atoms with van der Waals surface area (Å²) in [5.41, 5.74) is 2.75. The molecule has 1 aliphatic rings. The molecule has 0 bridgehead atoms. The normalized spacial score (nSPS) is 14.0. The summed E-state index contributed by atoms with van der Waals surface area (Å²) in [6.07, 6.45) is 4.74. The zero-order valence-corrected chi connectivity index (χ0v) is 16.7. The maximum atomic E-state index is 12.4. The van der Waals surface area contributed by atoms with E-state index in [9.17, 15) is 8.42 Å². The summed E-state index contributed by atoms with van der Waals surface area (Å²) in [5.74, 6) is 1.45. The molecule has 0 heterocycles. The zero-order chi connectivity index (χ0) is 19.3. The summed E-state index contributed by atoms with van der Waals surface area (Å²) in [5, 5.41) is 0. The molecule has 1 N–H and O–H groups in total. The summed E-state index contributed by atoms with van der Waals surface area (Å²) in [6.45, 7) is 4.35. The summed E-state index contributed by atoms with van der Waals surface area (Å²) >= 11 is 0. The maximum absolute atomic E-state index is 12.4. The molecule has 146 valence electrons. The Bertz CT molecular complexity index is 860. The van der Waals surface area contributed by atoms with Crippen LogP contribution in [0.25, 0.3) is 0 Å². The molecule has 27 heavy (non-hydrogen) atoms. The van der Waals surface area contributed by atoms with Gasteiger partial charge in [-0.1, -0.05) is 6.07 Å². The van der Waals surface area contributed by atoms with E-state index in [0.717, 1.165) is 18.6 Å². The minimum absolute atomic E-state index is 0.0475. The van der Waals surface area contributed by atoms with E-state index in [1.54, 1.807) is 24.3 Å². The van der Waals surface area contributed by atoms with E-state index >= 15 is 0 Å². The Hall–Kier alpha value is -2.05. The Kier molecular flexibility index (Phi) is 6.39. The highest BCUT2D eigenvalue weighted by Gasteiger charge is 2.14. The van der Waals surface area contributed by atoms with Crippen molar-refractivity contribution in [1.29, 1.82) is 0 Å². The van der Waals surface area contributed by atoms with Crippen molar-refractivity contribution in [2.24, 2.45) is 0 Å². The van der Waals surface area contributed by atoms with Gasteiger partial charge in [0.15, 0.2) is 0 Å². The Morgan fingerprint density at radius 3 is 2.33 bits per heavy atom. The van der Waals surface area contributed by atoms with Crippen LogP contribution in [-0.2, 0) is 22.9 Å². The van der Waals surface area contributed by atoms with Gasteiger partial charge in [0.25, 0.3) is 0 Å². The molecule has 0 aliphatic heterocycles.